The summed E-state index contributed by atoms with van der Waals surface area (Å²) in [5.74, 6) is -1.14. The average Bonchev–Trinajstić information content (AvgIpc) is 2.32. The quantitative estimate of drug-likeness (QED) is 0.363. The number of esters is 1. The Morgan fingerprint density at radius 2 is 1.84 bits per heavy atom. The van der Waals surface area contributed by atoms with Gasteiger partial charge < -0.3 is 4.74 Å². The van der Waals surface area contributed by atoms with Crippen LogP contribution in [0.2, 0.25) is 0 Å². The van der Waals surface area contributed by atoms with E-state index in [4.69, 9.17) is 4.74 Å². The van der Waals surface area contributed by atoms with Crippen molar-refractivity contribution in [3.05, 3.63) is 25.3 Å². The molecular weight excluding hydrogens is 240 g/mol. The molecule has 108 valence electrons. The number of rotatable bonds is 9. The van der Waals surface area contributed by atoms with E-state index in [1.807, 2.05) is 0 Å². The topological polar surface area (TPSA) is 43.4 Å². The molecule has 0 bridgehead atoms. The molecule has 0 fully saturated rings. The molecule has 0 aromatic rings. The van der Waals surface area contributed by atoms with E-state index in [0.717, 1.165) is 6.42 Å². The van der Waals surface area contributed by atoms with Gasteiger partial charge in [-0.05, 0) is 24.7 Å². The first kappa shape index (κ1) is 17.6. The van der Waals surface area contributed by atoms with Crippen molar-refractivity contribution in [1.82, 2.24) is 0 Å². The van der Waals surface area contributed by atoms with Crippen LogP contribution in [0.4, 0.5) is 0 Å². The predicted octanol–water partition coefficient (Wildman–Crippen LogP) is 3.69. The number of carbonyl (C=O) groups is 2. The van der Waals surface area contributed by atoms with Crippen LogP contribution in [0, 0.1) is 11.3 Å². The summed E-state index contributed by atoms with van der Waals surface area (Å²) in [5, 5.41) is 0. The Morgan fingerprint density at radius 3 is 2.32 bits per heavy atom. The van der Waals surface area contributed by atoms with Crippen LogP contribution in [0.15, 0.2) is 25.3 Å². The van der Waals surface area contributed by atoms with Gasteiger partial charge in [-0.3, -0.25) is 9.59 Å². The Kier molecular flexibility index (Phi) is 8.05. The smallest absolute Gasteiger partial charge is 0.316 e. The number of hydrogen-bond donors (Lipinski definition) is 0. The molecule has 1 atom stereocenters. The highest BCUT2D eigenvalue weighted by Crippen LogP contribution is 2.25. The Morgan fingerprint density at radius 1 is 1.21 bits per heavy atom. The minimum Gasteiger partial charge on any atom is -0.461 e. The molecule has 0 radical (unpaired) electrons. The summed E-state index contributed by atoms with van der Waals surface area (Å²) in [7, 11) is 0. The van der Waals surface area contributed by atoms with Crippen LogP contribution in [0.3, 0.4) is 0 Å². The van der Waals surface area contributed by atoms with E-state index < -0.39 is 11.9 Å². The summed E-state index contributed by atoms with van der Waals surface area (Å²) in [6.07, 6.45) is 5.48. The molecule has 0 aromatic heterocycles. The monoisotopic (exact) mass is 266 g/mol. The van der Waals surface area contributed by atoms with Crippen molar-refractivity contribution in [2.75, 3.05) is 6.61 Å². The lowest BCUT2D eigenvalue weighted by Gasteiger charge is -2.21. The zero-order valence-electron chi connectivity index (χ0n) is 12.4. The fourth-order valence-corrected chi connectivity index (χ4v) is 1.65. The van der Waals surface area contributed by atoms with Crippen LogP contribution in [0.1, 0.15) is 46.5 Å². The summed E-state index contributed by atoms with van der Waals surface area (Å²) in [5.41, 5.74) is 0.0929. The van der Waals surface area contributed by atoms with Crippen molar-refractivity contribution in [1.29, 1.82) is 0 Å². The Labute approximate surface area is 116 Å². The van der Waals surface area contributed by atoms with Crippen LogP contribution in [-0.4, -0.2) is 18.4 Å². The molecule has 0 aromatic carbocycles. The Hall–Kier alpha value is -1.38. The highest BCUT2D eigenvalue weighted by atomic mass is 16.5. The van der Waals surface area contributed by atoms with Crippen LogP contribution in [0.25, 0.3) is 0 Å². The summed E-state index contributed by atoms with van der Waals surface area (Å²) < 4.78 is 5.02. The van der Waals surface area contributed by atoms with E-state index in [1.165, 1.54) is 6.08 Å². The van der Waals surface area contributed by atoms with Gasteiger partial charge in [0.1, 0.15) is 18.3 Å². The molecule has 3 nitrogen and oxygen atoms in total. The normalized spacial score (nSPS) is 12.6. The van der Waals surface area contributed by atoms with Crippen LogP contribution < -0.4 is 0 Å². The van der Waals surface area contributed by atoms with Gasteiger partial charge in [0.15, 0.2) is 0 Å². The molecule has 0 saturated carbocycles. The number of carbonyl (C=O) groups excluding carboxylic acids is 2. The largest absolute Gasteiger partial charge is 0.461 e. The summed E-state index contributed by atoms with van der Waals surface area (Å²) >= 11 is 0. The summed E-state index contributed by atoms with van der Waals surface area (Å²) in [4.78, 5) is 24.0. The molecule has 0 rings (SSSR count). The molecule has 0 aliphatic carbocycles. The first-order chi connectivity index (χ1) is 8.81. The fraction of sp³-hybridized carbons (Fsp3) is 0.625. The third kappa shape index (κ3) is 8.36. The molecule has 0 amide bonds. The lowest BCUT2D eigenvalue weighted by Crippen LogP contribution is -2.27. The minimum absolute atomic E-state index is 0.0572. The average molecular weight is 266 g/mol. The molecule has 0 N–H and O–H groups in total. The van der Waals surface area contributed by atoms with Crippen molar-refractivity contribution in [2.45, 2.75) is 46.5 Å². The van der Waals surface area contributed by atoms with Crippen LogP contribution in [-0.2, 0) is 14.3 Å². The van der Waals surface area contributed by atoms with E-state index >= 15 is 0 Å². The highest BCUT2D eigenvalue weighted by molar-refractivity contribution is 5.99. The van der Waals surface area contributed by atoms with Gasteiger partial charge in [0.25, 0.3) is 0 Å². The fourth-order valence-electron chi connectivity index (χ4n) is 1.65. The second-order valence-electron chi connectivity index (χ2n) is 5.86. The summed E-state index contributed by atoms with van der Waals surface area (Å²) in [6.45, 7) is 13.5. The lowest BCUT2D eigenvalue weighted by molar-refractivity contribution is -0.151. The van der Waals surface area contributed by atoms with Crippen LogP contribution in [0.5, 0.6) is 0 Å². The highest BCUT2D eigenvalue weighted by Gasteiger charge is 2.28. The summed E-state index contributed by atoms with van der Waals surface area (Å²) in [6, 6.07) is 0. The van der Waals surface area contributed by atoms with Crippen LogP contribution >= 0.6 is 0 Å². The molecule has 0 saturated heterocycles. The predicted molar refractivity (Wildman–Crippen MR) is 77.8 cm³/mol. The third-order valence-corrected chi connectivity index (χ3v) is 2.79. The molecule has 1 unspecified atom stereocenters. The van der Waals surface area contributed by atoms with E-state index in [0.29, 0.717) is 19.3 Å². The zero-order valence-corrected chi connectivity index (χ0v) is 12.4. The number of Topliss-reactive ketones (excluding diaryl/α,β-unsaturated/α-hetero) is 1. The van der Waals surface area contributed by atoms with Crippen molar-refractivity contribution in [3.63, 3.8) is 0 Å². The number of allylic oxidation sites excluding steroid dienone is 1. The van der Waals surface area contributed by atoms with Crippen molar-refractivity contribution >= 4 is 11.8 Å². The molecule has 0 heterocycles. The van der Waals surface area contributed by atoms with E-state index in [2.05, 4.69) is 33.9 Å². The number of ketones is 1. The maximum absolute atomic E-state index is 12.0. The molecular formula is C16H26O3. The Bertz CT molecular complexity index is 299. The van der Waals surface area contributed by atoms with Gasteiger partial charge in [-0.2, -0.15) is 0 Å². The zero-order chi connectivity index (χ0) is 14.9. The molecule has 19 heavy (non-hydrogen) atoms. The maximum atomic E-state index is 12.0. The Balaban J connectivity index is 4.61. The standard InChI is InChI=1S/C16H26O3/c1-6-8-9-14(17)13(10-11-16(3,4)5)15(18)19-12-7-2/h6-7,13H,1-2,8-12H2,3-5H3. The molecule has 0 aliphatic rings. The van der Waals surface area contributed by atoms with Gasteiger partial charge in [-0.1, -0.05) is 39.5 Å². The van der Waals surface area contributed by atoms with Gasteiger partial charge in [0, 0.05) is 6.42 Å². The first-order valence-electron chi connectivity index (χ1n) is 6.73. The lowest BCUT2D eigenvalue weighted by atomic mass is 9.84. The minimum atomic E-state index is -0.654. The van der Waals surface area contributed by atoms with Crippen molar-refractivity contribution < 1.29 is 14.3 Å². The van der Waals surface area contributed by atoms with Gasteiger partial charge >= 0.3 is 5.97 Å². The third-order valence-electron chi connectivity index (χ3n) is 2.79. The van der Waals surface area contributed by atoms with Crippen molar-refractivity contribution in [3.8, 4) is 0 Å². The van der Waals surface area contributed by atoms with Gasteiger partial charge in [0.05, 0.1) is 0 Å². The molecule has 0 spiro atoms. The van der Waals surface area contributed by atoms with Gasteiger partial charge in [-0.25, -0.2) is 0 Å². The van der Waals surface area contributed by atoms with Gasteiger partial charge in [0.2, 0.25) is 0 Å². The van der Waals surface area contributed by atoms with E-state index in [9.17, 15) is 9.59 Å². The maximum Gasteiger partial charge on any atom is 0.316 e. The molecule has 3 heteroatoms. The SMILES string of the molecule is C=CCCC(=O)C(CCC(C)(C)C)C(=O)OCC=C. The van der Waals surface area contributed by atoms with E-state index in [1.54, 1.807) is 6.08 Å². The first-order valence-corrected chi connectivity index (χ1v) is 6.73. The second kappa shape index (κ2) is 8.68. The number of ether oxygens (including phenoxy) is 1. The van der Waals surface area contributed by atoms with Crippen molar-refractivity contribution in [2.24, 2.45) is 11.3 Å². The second-order valence-corrected chi connectivity index (χ2v) is 5.86. The van der Waals surface area contributed by atoms with Gasteiger partial charge in [-0.15, -0.1) is 6.58 Å². The molecule has 0 aliphatic heterocycles. The number of hydrogen-bond acceptors (Lipinski definition) is 3. The van der Waals surface area contributed by atoms with E-state index in [-0.39, 0.29) is 17.8 Å².